The second-order valence-corrected chi connectivity index (χ2v) is 7.25. The normalized spacial score (nSPS) is 19.2. The molecule has 4 rings (SSSR count). The Morgan fingerprint density at radius 1 is 1.08 bits per heavy atom. The van der Waals surface area contributed by atoms with Gasteiger partial charge in [0.25, 0.3) is 0 Å². The molecule has 2 heterocycles. The molecular weight excluding hydrogens is 397 g/mol. The average molecular weight is 411 g/mol. The van der Waals surface area contributed by atoms with Crippen LogP contribution in [-0.4, -0.2) is 37.0 Å². The Hall–Kier alpha value is -1.86. The minimum Gasteiger partial charge on any atom is -0.391 e. The van der Waals surface area contributed by atoms with E-state index in [1.54, 1.807) is 35.3 Å². The van der Waals surface area contributed by atoms with E-state index in [1.165, 1.54) is 6.20 Å². The Labute approximate surface area is 164 Å². The van der Waals surface area contributed by atoms with Gasteiger partial charge in [-0.3, -0.25) is 0 Å². The third kappa shape index (κ3) is 3.25. The highest BCUT2D eigenvalue weighted by Crippen LogP contribution is 2.31. The summed E-state index contributed by atoms with van der Waals surface area (Å²) in [4.78, 5) is 8.65. The summed E-state index contributed by atoms with van der Waals surface area (Å²) < 4.78 is 1.58. The molecule has 2 N–H and O–H groups in total. The van der Waals surface area contributed by atoms with Crippen LogP contribution in [0.5, 0.6) is 0 Å². The minimum atomic E-state index is -0.372. The van der Waals surface area contributed by atoms with Crippen LogP contribution in [0.4, 0.5) is 5.95 Å². The highest BCUT2D eigenvalue weighted by molar-refractivity contribution is 6.37. The molecule has 0 bridgehead atoms. The van der Waals surface area contributed by atoms with Gasteiger partial charge in [-0.05, 0) is 25.0 Å². The van der Waals surface area contributed by atoms with Gasteiger partial charge in [-0.25, -0.2) is 14.6 Å². The first kappa shape index (κ1) is 17.5. The summed E-state index contributed by atoms with van der Waals surface area (Å²) in [5.74, 6) is 0.414. The van der Waals surface area contributed by atoms with Crippen molar-refractivity contribution in [2.75, 3.05) is 5.32 Å². The molecule has 0 spiro atoms. The Morgan fingerprint density at radius 3 is 2.50 bits per heavy atom. The first-order chi connectivity index (χ1) is 12.5. The fraction of sp³-hybridized carbons (Fsp3) is 0.235. The summed E-state index contributed by atoms with van der Waals surface area (Å²) in [6.45, 7) is 0. The Kier molecular flexibility index (Phi) is 4.75. The minimum absolute atomic E-state index is 0.0336. The summed E-state index contributed by atoms with van der Waals surface area (Å²) in [6.07, 6.45) is 6.20. The summed E-state index contributed by atoms with van der Waals surface area (Å²) >= 11 is 18.7. The second-order valence-electron chi connectivity index (χ2n) is 6.03. The van der Waals surface area contributed by atoms with Crippen molar-refractivity contribution in [1.29, 1.82) is 0 Å². The molecule has 0 amide bonds. The molecule has 26 heavy (non-hydrogen) atoms. The lowest BCUT2D eigenvalue weighted by Crippen LogP contribution is -2.43. The van der Waals surface area contributed by atoms with Crippen molar-refractivity contribution in [3.63, 3.8) is 0 Å². The molecule has 2 aromatic heterocycles. The van der Waals surface area contributed by atoms with Gasteiger partial charge in [0.2, 0.25) is 5.95 Å². The predicted octanol–water partition coefficient (Wildman–Crippen LogP) is 4.22. The molecule has 1 saturated carbocycles. The number of anilines is 1. The fourth-order valence-corrected chi connectivity index (χ4v) is 3.50. The van der Waals surface area contributed by atoms with E-state index in [0.717, 1.165) is 12.8 Å². The Morgan fingerprint density at radius 2 is 1.85 bits per heavy atom. The van der Waals surface area contributed by atoms with Crippen molar-refractivity contribution in [3.05, 3.63) is 51.9 Å². The number of nitrogens with zero attached hydrogens (tertiary/aromatic N) is 4. The molecule has 134 valence electrons. The molecular formula is C17H14Cl3N5O. The van der Waals surface area contributed by atoms with Crippen molar-refractivity contribution in [1.82, 2.24) is 19.7 Å². The van der Waals surface area contributed by atoms with Gasteiger partial charge < -0.3 is 10.4 Å². The van der Waals surface area contributed by atoms with Gasteiger partial charge in [0.1, 0.15) is 5.69 Å². The van der Waals surface area contributed by atoms with E-state index in [1.807, 2.05) is 0 Å². The molecule has 0 radical (unpaired) electrons. The smallest absolute Gasteiger partial charge is 0.223 e. The first-order valence-electron chi connectivity index (χ1n) is 7.99. The van der Waals surface area contributed by atoms with Gasteiger partial charge in [-0.2, -0.15) is 5.10 Å². The van der Waals surface area contributed by atoms with E-state index in [9.17, 15) is 5.11 Å². The first-order valence-corrected chi connectivity index (χ1v) is 9.13. The zero-order chi connectivity index (χ0) is 18.3. The number of nitrogens with one attached hydrogen (secondary N) is 1. The third-order valence-corrected chi connectivity index (χ3v) is 5.21. The maximum absolute atomic E-state index is 9.71. The number of aliphatic hydroxyl groups excluding tert-OH is 1. The van der Waals surface area contributed by atoms with Crippen LogP contribution in [-0.2, 0) is 0 Å². The van der Waals surface area contributed by atoms with Crippen molar-refractivity contribution < 1.29 is 5.11 Å². The Balaban J connectivity index is 1.67. The van der Waals surface area contributed by atoms with E-state index in [4.69, 9.17) is 34.8 Å². The Bertz CT molecular complexity index is 941. The van der Waals surface area contributed by atoms with Crippen LogP contribution in [0.25, 0.3) is 16.9 Å². The zero-order valence-electron chi connectivity index (χ0n) is 13.4. The molecule has 2 atom stereocenters. The molecule has 1 aromatic carbocycles. The molecule has 1 fully saturated rings. The number of benzene rings is 1. The maximum atomic E-state index is 9.71. The SMILES string of the molecule is O[C@@H]1CC[C@@H]1Nc1ncc(Cl)c(-c2cnn(-c3c(Cl)cccc3Cl)c2)n1. The van der Waals surface area contributed by atoms with Crippen molar-refractivity contribution in [2.45, 2.75) is 25.0 Å². The standard InChI is InChI=1S/C17H14Cl3N5O/c18-10-2-1-3-11(19)16(10)25-8-9(6-22-25)15-12(20)7-21-17(24-15)23-13-4-5-14(13)26/h1-3,6-8,13-14,26H,4-5H2,(H,21,23,24)/t13-,14+/m0/s1. The van der Waals surface area contributed by atoms with Gasteiger partial charge in [-0.15, -0.1) is 0 Å². The number of halogens is 3. The van der Waals surface area contributed by atoms with E-state index >= 15 is 0 Å². The van der Waals surface area contributed by atoms with Crippen LogP contribution in [0.15, 0.2) is 36.8 Å². The quantitative estimate of drug-likeness (QED) is 0.673. The van der Waals surface area contributed by atoms with Crippen molar-refractivity contribution in [2.24, 2.45) is 0 Å². The topological polar surface area (TPSA) is 75.9 Å². The van der Waals surface area contributed by atoms with Gasteiger partial charge in [0.15, 0.2) is 0 Å². The number of hydrogen-bond acceptors (Lipinski definition) is 5. The van der Waals surface area contributed by atoms with Gasteiger partial charge in [0.05, 0.1) is 45.3 Å². The molecule has 0 unspecified atom stereocenters. The van der Waals surface area contributed by atoms with Crippen LogP contribution < -0.4 is 5.32 Å². The number of para-hydroxylation sites is 1. The molecule has 0 saturated heterocycles. The van der Waals surface area contributed by atoms with Gasteiger partial charge >= 0.3 is 0 Å². The lowest BCUT2D eigenvalue weighted by Gasteiger charge is -2.32. The summed E-state index contributed by atoms with van der Waals surface area (Å²) in [6, 6.07) is 5.22. The van der Waals surface area contributed by atoms with Crippen LogP contribution >= 0.6 is 34.8 Å². The lowest BCUT2D eigenvalue weighted by molar-refractivity contribution is 0.0782. The molecule has 1 aliphatic carbocycles. The van der Waals surface area contributed by atoms with Gasteiger partial charge in [0, 0.05) is 11.8 Å². The molecule has 0 aliphatic heterocycles. The van der Waals surface area contributed by atoms with Crippen LogP contribution in [0.3, 0.4) is 0 Å². The average Bonchev–Trinajstić information content (AvgIpc) is 3.09. The van der Waals surface area contributed by atoms with Crippen molar-refractivity contribution >= 4 is 40.8 Å². The van der Waals surface area contributed by atoms with Crippen molar-refractivity contribution in [3.8, 4) is 16.9 Å². The van der Waals surface area contributed by atoms with E-state index in [-0.39, 0.29) is 12.1 Å². The summed E-state index contributed by atoms with van der Waals surface area (Å²) in [5.41, 5.74) is 1.82. The molecule has 9 heteroatoms. The highest BCUT2D eigenvalue weighted by Gasteiger charge is 2.29. The van der Waals surface area contributed by atoms with E-state index in [0.29, 0.717) is 38.0 Å². The number of aliphatic hydroxyl groups is 1. The molecule has 3 aromatic rings. The lowest BCUT2D eigenvalue weighted by atomic mass is 9.89. The number of rotatable bonds is 4. The van der Waals surface area contributed by atoms with E-state index in [2.05, 4.69) is 20.4 Å². The number of aromatic nitrogens is 4. The van der Waals surface area contributed by atoms with Crippen LogP contribution in [0.1, 0.15) is 12.8 Å². The van der Waals surface area contributed by atoms with Crippen LogP contribution in [0.2, 0.25) is 15.1 Å². The molecule has 6 nitrogen and oxygen atoms in total. The van der Waals surface area contributed by atoms with E-state index < -0.39 is 0 Å². The predicted molar refractivity (Wildman–Crippen MR) is 102 cm³/mol. The monoisotopic (exact) mass is 409 g/mol. The second kappa shape index (κ2) is 7.04. The van der Waals surface area contributed by atoms with Crippen LogP contribution in [0, 0.1) is 0 Å². The number of hydrogen-bond donors (Lipinski definition) is 2. The fourth-order valence-electron chi connectivity index (χ4n) is 2.73. The molecule has 1 aliphatic rings. The highest BCUT2D eigenvalue weighted by atomic mass is 35.5. The summed E-state index contributed by atoms with van der Waals surface area (Å²) in [5, 5.41) is 18.5. The zero-order valence-corrected chi connectivity index (χ0v) is 15.7. The van der Waals surface area contributed by atoms with Gasteiger partial charge in [-0.1, -0.05) is 40.9 Å². The summed E-state index contributed by atoms with van der Waals surface area (Å²) in [7, 11) is 0. The largest absolute Gasteiger partial charge is 0.391 e. The maximum Gasteiger partial charge on any atom is 0.223 e. The third-order valence-electron chi connectivity index (χ3n) is 4.32.